The Morgan fingerprint density at radius 2 is 1.00 bits per heavy atom. The normalized spacial score (nSPS) is 11.7. The van der Waals surface area contributed by atoms with Gasteiger partial charge in [-0.15, -0.1) is 23.5 Å². The molecule has 4 aromatic heterocycles. The SMILES string of the molecule is CSc1cc(-c2ccc(F)nc2F)nc(C(C)(C)c2cc(SC)cc(-c3ccc(F)nc3F)n2)c1. The lowest BCUT2D eigenvalue weighted by molar-refractivity contribution is 0.514. The number of hydrogen-bond acceptors (Lipinski definition) is 6. The largest absolute Gasteiger partial charge is 0.252 e. The molecular formula is C25H20F4N4S2. The van der Waals surface area contributed by atoms with Gasteiger partial charge in [0.1, 0.15) is 0 Å². The van der Waals surface area contributed by atoms with E-state index >= 15 is 0 Å². The lowest BCUT2D eigenvalue weighted by Gasteiger charge is -2.26. The number of rotatable bonds is 6. The summed E-state index contributed by atoms with van der Waals surface area (Å²) in [6.45, 7) is 3.80. The molecule has 4 heterocycles. The van der Waals surface area contributed by atoms with Crippen LogP contribution < -0.4 is 0 Å². The van der Waals surface area contributed by atoms with Crippen molar-refractivity contribution in [3.63, 3.8) is 0 Å². The predicted octanol–water partition coefficient (Wildman–Crippen LogP) is 6.93. The molecule has 0 aromatic carbocycles. The molecule has 4 aromatic rings. The minimum Gasteiger partial charge on any atom is -0.252 e. The lowest BCUT2D eigenvalue weighted by atomic mass is 9.84. The number of nitrogens with zero attached hydrogens (tertiary/aromatic N) is 4. The van der Waals surface area contributed by atoms with Crippen LogP contribution in [0.25, 0.3) is 22.5 Å². The van der Waals surface area contributed by atoms with Crippen molar-refractivity contribution in [2.24, 2.45) is 0 Å². The molecule has 0 saturated carbocycles. The van der Waals surface area contributed by atoms with Crippen molar-refractivity contribution in [1.29, 1.82) is 0 Å². The molecule has 0 amide bonds. The Bertz CT molecular complexity index is 1310. The summed E-state index contributed by atoms with van der Waals surface area (Å²) >= 11 is 2.90. The highest BCUT2D eigenvalue weighted by atomic mass is 32.2. The van der Waals surface area contributed by atoms with Gasteiger partial charge in [-0.1, -0.05) is 0 Å². The first-order valence-corrected chi connectivity index (χ1v) is 12.8. The molecule has 0 N–H and O–H groups in total. The molecule has 0 aliphatic carbocycles. The fourth-order valence-electron chi connectivity index (χ4n) is 3.50. The van der Waals surface area contributed by atoms with Crippen LogP contribution in [0.4, 0.5) is 17.6 Å². The van der Waals surface area contributed by atoms with Gasteiger partial charge < -0.3 is 0 Å². The molecule has 0 aliphatic rings. The zero-order valence-electron chi connectivity index (χ0n) is 19.2. The average Bonchev–Trinajstić information content (AvgIpc) is 2.83. The summed E-state index contributed by atoms with van der Waals surface area (Å²) in [5.41, 5.74) is 1.12. The minimum atomic E-state index is -0.955. The van der Waals surface area contributed by atoms with Gasteiger partial charge in [-0.3, -0.25) is 9.97 Å². The van der Waals surface area contributed by atoms with E-state index in [2.05, 4.69) is 19.9 Å². The molecule has 0 atom stereocenters. The fourth-order valence-corrected chi connectivity index (χ4v) is 4.42. The van der Waals surface area contributed by atoms with Crippen LogP contribution in [-0.2, 0) is 5.41 Å². The van der Waals surface area contributed by atoms with Gasteiger partial charge in [-0.2, -0.15) is 27.5 Å². The molecule has 0 unspecified atom stereocenters. The van der Waals surface area contributed by atoms with Gasteiger partial charge in [-0.25, -0.2) is 0 Å². The maximum atomic E-state index is 14.4. The van der Waals surface area contributed by atoms with Gasteiger partial charge in [0.05, 0.1) is 33.9 Å². The Morgan fingerprint density at radius 1 is 0.600 bits per heavy atom. The smallest absolute Gasteiger partial charge is 0.224 e. The van der Waals surface area contributed by atoms with Crippen molar-refractivity contribution in [3.8, 4) is 22.5 Å². The summed E-state index contributed by atoms with van der Waals surface area (Å²) in [7, 11) is 0. The number of thioether (sulfide) groups is 2. The van der Waals surface area contributed by atoms with Crippen LogP contribution in [0.1, 0.15) is 25.2 Å². The van der Waals surface area contributed by atoms with E-state index in [-0.39, 0.29) is 11.1 Å². The Balaban J connectivity index is 1.87. The van der Waals surface area contributed by atoms with Crippen LogP contribution in [0.3, 0.4) is 0 Å². The maximum absolute atomic E-state index is 14.4. The van der Waals surface area contributed by atoms with E-state index in [1.165, 1.54) is 35.7 Å². The number of pyridine rings is 4. The Morgan fingerprint density at radius 3 is 1.34 bits per heavy atom. The van der Waals surface area contributed by atoms with Gasteiger partial charge in [0.25, 0.3) is 0 Å². The van der Waals surface area contributed by atoms with E-state index in [0.717, 1.165) is 21.9 Å². The molecular weight excluding hydrogens is 496 g/mol. The van der Waals surface area contributed by atoms with Crippen LogP contribution in [0.15, 0.2) is 58.3 Å². The summed E-state index contributed by atoms with van der Waals surface area (Å²) in [5.74, 6) is -3.74. The van der Waals surface area contributed by atoms with Gasteiger partial charge in [0, 0.05) is 15.2 Å². The van der Waals surface area contributed by atoms with Crippen LogP contribution >= 0.6 is 23.5 Å². The number of aromatic nitrogens is 4. The first-order chi connectivity index (χ1) is 16.6. The van der Waals surface area contributed by atoms with Gasteiger partial charge >= 0.3 is 0 Å². The van der Waals surface area contributed by atoms with Crippen molar-refractivity contribution in [2.75, 3.05) is 12.5 Å². The van der Waals surface area contributed by atoms with Crippen molar-refractivity contribution >= 4 is 23.5 Å². The molecule has 0 bridgehead atoms. The molecule has 0 saturated heterocycles. The topological polar surface area (TPSA) is 51.6 Å². The summed E-state index contributed by atoms with van der Waals surface area (Å²) in [4.78, 5) is 17.5. The summed E-state index contributed by atoms with van der Waals surface area (Å²) in [5, 5.41) is 0. The molecule has 10 heteroatoms. The van der Waals surface area contributed by atoms with Gasteiger partial charge in [0.2, 0.25) is 23.8 Å². The van der Waals surface area contributed by atoms with E-state index < -0.39 is 29.2 Å². The van der Waals surface area contributed by atoms with E-state index in [4.69, 9.17) is 0 Å². The van der Waals surface area contributed by atoms with Crippen molar-refractivity contribution in [2.45, 2.75) is 29.1 Å². The first-order valence-electron chi connectivity index (χ1n) is 10.4. The molecule has 0 fully saturated rings. The van der Waals surface area contributed by atoms with Crippen molar-refractivity contribution < 1.29 is 17.6 Å². The van der Waals surface area contributed by atoms with Crippen molar-refractivity contribution in [1.82, 2.24) is 19.9 Å². The maximum Gasteiger partial charge on any atom is 0.224 e. The number of hydrogen-bond donors (Lipinski definition) is 0. The highest BCUT2D eigenvalue weighted by Crippen LogP contribution is 2.37. The summed E-state index contributed by atoms with van der Waals surface area (Å²) in [6.07, 6.45) is 3.76. The minimum absolute atomic E-state index is 0.0744. The second-order valence-corrected chi connectivity index (χ2v) is 9.88. The van der Waals surface area contributed by atoms with E-state index in [1.54, 1.807) is 12.1 Å². The third-order valence-corrected chi connectivity index (χ3v) is 6.95. The van der Waals surface area contributed by atoms with Crippen LogP contribution in [0, 0.1) is 23.8 Å². The molecule has 35 heavy (non-hydrogen) atoms. The van der Waals surface area contributed by atoms with Crippen LogP contribution in [0.2, 0.25) is 0 Å². The Kier molecular flexibility index (Phi) is 7.14. The zero-order valence-corrected chi connectivity index (χ0v) is 20.9. The number of halogens is 4. The monoisotopic (exact) mass is 516 g/mol. The Hall–Kier alpha value is -2.98. The third-order valence-electron chi connectivity index (χ3n) is 5.53. The molecule has 0 aliphatic heterocycles. The summed E-state index contributed by atoms with van der Waals surface area (Å²) < 4.78 is 55.6. The predicted molar refractivity (Wildman–Crippen MR) is 130 cm³/mol. The first kappa shape index (κ1) is 25.1. The molecule has 4 rings (SSSR count). The highest BCUT2D eigenvalue weighted by molar-refractivity contribution is 7.98. The van der Waals surface area contributed by atoms with E-state index in [1.807, 2.05) is 38.5 Å². The molecule has 180 valence electrons. The van der Waals surface area contributed by atoms with E-state index in [0.29, 0.717) is 22.8 Å². The lowest BCUT2D eigenvalue weighted by Crippen LogP contribution is -2.23. The second-order valence-electron chi connectivity index (χ2n) is 8.12. The fraction of sp³-hybridized carbons (Fsp3) is 0.200. The average molecular weight is 517 g/mol. The molecule has 0 spiro atoms. The molecule has 4 nitrogen and oxygen atoms in total. The van der Waals surface area contributed by atoms with Crippen LogP contribution in [0.5, 0.6) is 0 Å². The quantitative estimate of drug-likeness (QED) is 0.157. The van der Waals surface area contributed by atoms with E-state index in [9.17, 15) is 17.6 Å². The molecule has 0 radical (unpaired) electrons. The van der Waals surface area contributed by atoms with Crippen molar-refractivity contribution in [3.05, 3.63) is 83.7 Å². The van der Waals surface area contributed by atoms with Crippen LogP contribution in [-0.4, -0.2) is 32.4 Å². The second kappa shape index (κ2) is 9.94. The third kappa shape index (κ3) is 5.18. The summed E-state index contributed by atoms with van der Waals surface area (Å²) in [6, 6.07) is 11.9. The Labute approximate surface area is 208 Å². The van der Waals surface area contributed by atoms with Gasteiger partial charge in [0.15, 0.2) is 0 Å². The highest BCUT2D eigenvalue weighted by Gasteiger charge is 2.29. The zero-order chi connectivity index (χ0) is 25.3. The van der Waals surface area contributed by atoms with Gasteiger partial charge in [-0.05, 0) is 74.9 Å². The standard InChI is InChI=1S/C25H20F4N4S2/c1-25(2,19-11-13(34-3)9-17(30-19)15-5-7-21(26)32-23(15)28)20-12-14(35-4)10-18(31-20)16-6-8-22(27)33-24(16)29/h5-12H,1-4H3.